The first-order valence-corrected chi connectivity index (χ1v) is 6.25. The first-order valence-electron chi connectivity index (χ1n) is 5.87. The third-order valence-corrected chi connectivity index (χ3v) is 3.24. The van der Waals surface area contributed by atoms with Crippen molar-refractivity contribution in [2.24, 2.45) is 18.7 Å². The molecular weight excluding hydrogens is 234 g/mol. The molecule has 0 saturated heterocycles. The molecule has 4 heteroatoms. The lowest BCUT2D eigenvalue weighted by Crippen LogP contribution is -2.17. The van der Waals surface area contributed by atoms with Gasteiger partial charge in [-0.05, 0) is 24.5 Å². The Labute approximate surface area is 107 Å². The Bertz CT molecular complexity index is 531. The third kappa shape index (κ3) is 2.31. The van der Waals surface area contributed by atoms with Crippen LogP contribution < -0.4 is 5.73 Å². The van der Waals surface area contributed by atoms with Gasteiger partial charge >= 0.3 is 0 Å². The average molecular weight is 252 g/mol. The predicted octanol–water partition coefficient (Wildman–Crippen LogP) is 3.27. The summed E-state index contributed by atoms with van der Waals surface area (Å²) in [6, 6.07) is 5.72. The molecule has 2 N–H and O–H groups in total. The van der Waals surface area contributed by atoms with Gasteiger partial charge in [-0.15, -0.1) is 0 Å². The molecule has 1 aromatic carbocycles. The first-order chi connectivity index (χ1) is 8.00. The topological polar surface area (TPSA) is 43.8 Å². The largest absolute Gasteiger partial charge is 0.329 e. The van der Waals surface area contributed by atoms with Gasteiger partial charge in [0.2, 0.25) is 0 Å². The van der Waals surface area contributed by atoms with E-state index in [4.69, 9.17) is 17.3 Å². The SMILES string of the molecule is CC(C)CC(N)c1nc2cccc(Cl)c2n1C. The van der Waals surface area contributed by atoms with Crippen LogP contribution >= 0.6 is 11.6 Å². The van der Waals surface area contributed by atoms with Crippen molar-refractivity contribution in [1.82, 2.24) is 9.55 Å². The molecule has 1 heterocycles. The smallest absolute Gasteiger partial charge is 0.126 e. The highest BCUT2D eigenvalue weighted by Gasteiger charge is 2.17. The lowest BCUT2D eigenvalue weighted by Gasteiger charge is -2.13. The second-order valence-electron chi connectivity index (χ2n) is 4.87. The molecule has 0 fully saturated rings. The number of fused-ring (bicyclic) bond motifs is 1. The fraction of sp³-hybridized carbons (Fsp3) is 0.462. The van der Waals surface area contributed by atoms with E-state index in [2.05, 4.69) is 18.8 Å². The Morgan fingerprint density at radius 2 is 2.12 bits per heavy atom. The first kappa shape index (κ1) is 12.4. The summed E-state index contributed by atoms with van der Waals surface area (Å²) >= 11 is 6.18. The molecule has 2 rings (SSSR count). The number of hydrogen-bond acceptors (Lipinski definition) is 2. The molecule has 0 bridgehead atoms. The van der Waals surface area contributed by atoms with Crippen LogP contribution in [0.25, 0.3) is 11.0 Å². The number of halogens is 1. The van der Waals surface area contributed by atoms with Crippen molar-refractivity contribution in [3.63, 3.8) is 0 Å². The molecule has 1 aromatic heterocycles. The molecular formula is C13H18ClN3. The van der Waals surface area contributed by atoms with Crippen LogP contribution in [-0.2, 0) is 7.05 Å². The summed E-state index contributed by atoms with van der Waals surface area (Å²) in [4.78, 5) is 4.58. The maximum absolute atomic E-state index is 6.18. The molecule has 1 unspecified atom stereocenters. The van der Waals surface area contributed by atoms with Gasteiger partial charge in [0.25, 0.3) is 0 Å². The van der Waals surface area contributed by atoms with Gasteiger partial charge in [-0.3, -0.25) is 0 Å². The molecule has 92 valence electrons. The Balaban J connectivity index is 2.49. The van der Waals surface area contributed by atoms with Gasteiger partial charge in [0.1, 0.15) is 5.82 Å². The summed E-state index contributed by atoms with van der Waals surface area (Å²) in [5.74, 6) is 1.46. The molecule has 0 radical (unpaired) electrons. The second-order valence-corrected chi connectivity index (χ2v) is 5.28. The summed E-state index contributed by atoms with van der Waals surface area (Å²) < 4.78 is 2.00. The van der Waals surface area contributed by atoms with Crippen LogP contribution in [0.1, 0.15) is 32.1 Å². The van der Waals surface area contributed by atoms with Gasteiger partial charge in [-0.1, -0.05) is 31.5 Å². The van der Waals surface area contributed by atoms with E-state index < -0.39 is 0 Å². The fourth-order valence-electron chi connectivity index (χ4n) is 2.18. The molecule has 0 aliphatic carbocycles. The van der Waals surface area contributed by atoms with Crippen molar-refractivity contribution in [2.75, 3.05) is 0 Å². The van der Waals surface area contributed by atoms with Crippen LogP contribution in [-0.4, -0.2) is 9.55 Å². The zero-order valence-corrected chi connectivity index (χ0v) is 11.2. The Kier molecular flexibility index (Phi) is 3.40. The maximum atomic E-state index is 6.18. The van der Waals surface area contributed by atoms with E-state index in [1.165, 1.54) is 0 Å². The Hall–Kier alpha value is -1.06. The maximum Gasteiger partial charge on any atom is 0.126 e. The summed E-state index contributed by atoms with van der Waals surface area (Å²) in [7, 11) is 1.97. The third-order valence-electron chi connectivity index (χ3n) is 2.94. The number of para-hydroxylation sites is 1. The van der Waals surface area contributed by atoms with Crippen LogP contribution in [0.5, 0.6) is 0 Å². The number of hydrogen-bond donors (Lipinski definition) is 1. The highest BCUT2D eigenvalue weighted by molar-refractivity contribution is 6.35. The van der Waals surface area contributed by atoms with Crippen LogP contribution in [0.15, 0.2) is 18.2 Å². The molecule has 0 saturated carbocycles. The molecule has 0 amide bonds. The standard InChI is InChI=1S/C13H18ClN3/c1-8(2)7-10(15)13-16-11-6-4-5-9(14)12(11)17(13)3/h4-6,8,10H,7,15H2,1-3H3. The van der Waals surface area contributed by atoms with E-state index in [1.54, 1.807) is 0 Å². The molecule has 3 nitrogen and oxygen atoms in total. The highest BCUT2D eigenvalue weighted by atomic mass is 35.5. The quantitative estimate of drug-likeness (QED) is 0.910. The summed E-state index contributed by atoms with van der Waals surface area (Å²) in [5, 5.41) is 0.723. The number of nitrogens with two attached hydrogens (primary N) is 1. The van der Waals surface area contributed by atoms with E-state index in [0.29, 0.717) is 5.92 Å². The van der Waals surface area contributed by atoms with Gasteiger partial charge in [0, 0.05) is 7.05 Å². The molecule has 17 heavy (non-hydrogen) atoms. The Morgan fingerprint density at radius 3 is 2.71 bits per heavy atom. The molecule has 0 aliphatic heterocycles. The average Bonchev–Trinajstić information content (AvgIpc) is 2.56. The lowest BCUT2D eigenvalue weighted by atomic mass is 10.0. The van der Waals surface area contributed by atoms with Gasteiger partial charge in [-0.25, -0.2) is 4.98 Å². The van der Waals surface area contributed by atoms with E-state index in [-0.39, 0.29) is 6.04 Å². The van der Waals surface area contributed by atoms with E-state index in [0.717, 1.165) is 28.3 Å². The van der Waals surface area contributed by atoms with Crippen molar-refractivity contribution < 1.29 is 0 Å². The van der Waals surface area contributed by atoms with Gasteiger partial charge < -0.3 is 10.3 Å². The van der Waals surface area contributed by atoms with Crippen LogP contribution in [0.2, 0.25) is 5.02 Å². The fourth-order valence-corrected chi connectivity index (χ4v) is 2.48. The van der Waals surface area contributed by atoms with Crippen molar-refractivity contribution in [3.8, 4) is 0 Å². The van der Waals surface area contributed by atoms with E-state index >= 15 is 0 Å². The molecule has 0 spiro atoms. The molecule has 1 atom stereocenters. The van der Waals surface area contributed by atoms with Crippen LogP contribution in [0.3, 0.4) is 0 Å². The second kappa shape index (κ2) is 4.67. The van der Waals surface area contributed by atoms with Crippen LogP contribution in [0, 0.1) is 5.92 Å². The minimum Gasteiger partial charge on any atom is -0.329 e. The minimum atomic E-state index is -0.0385. The van der Waals surface area contributed by atoms with Gasteiger partial charge in [-0.2, -0.15) is 0 Å². The monoisotopic (exact) mass is 251 g/mol. The minimum absolute atomic E-state index is 0.0385. The van der Waals surface area contributed by atoms with Crippen molar-refractivity contribution in [2.45, 2.75) is 26.3 Å². The van der Waals surface area contributed by atoms with Crippen molar-refractivity contribution >= 4 is 22.6 Å². The predicted molar refractivity (Wildman–Crippen MR) is 72.1 cm³/mol. The zero-order valence-electron chi connectivity index (χ0n) is 10.4. The van der Waals surface area contributed by atoms with Crippen molar-refractivity contribution in [1.29, 1.82) is 0 Å². The van der Waals surface area contributed by atoms with E-state index in [9.17, 15) is 0 Å². The number of nitrogens with zero attached hydrogens (tertiary/aromatic N) is 2. The molecule has 2 aromatic rings. The van der Waals surface area contributed by atoms with Crippen molar-refractivity contribution in [3.05, 3.63) is 29.0 Å². The normalized spacial score (nSPS) is 13.5. The van der Waals surface area contributed by atoms with Gasteiger partial charge in [0.15, 0.2) is 0 Å². The van der Waals surface area contributed by atoms with E-state index in [1.807, 2.05) is 29.8 Å². The Morgan fingerprint density at radius 1 is 1.41 bits per heavy atom. The summed E-state index contributed by atoms with van der Waals surface area (Å²) in [6.45, 7) is 4.32. The summed E-state index contributed by atoms with van der Waals surface area (Å²) in [5.41, 5.74) is 8.06. The lowest BCUT2D eigenvalue weighted by molar-refractivity contribution is 0.485. The number of benzene rings is 1. The van der Waals surface area contributed by atoms with Crippen LogP contribution in [0.4, 0.5) is 0 Å². The number of imidazole rings is 1. The number of aromatic nitrogens is 2. The zero-order chi connectivity index (χ0) is 12.6. The molecule has 0 aliphatic rings. The highest BCUT2D eigenvalue weighted by Crippen LogP contribution is 2.27. The van der Waals surface area contributed by atoms with Gasteiger partial charge in [0.05, 0.1) is 22.1 Å². The summed E-state index contributed by atoms with van der Waals surface area (Å²) in [6.07, 6.45) is 0.925. The number of rotatable bonds is 3. The number of aryl methyl sites for hydroxylation is 1.